The fourth-order valence-corrected chi connectivity index (χ4v) is 3.29. The maximum atomic E-state index is 13.6. The zero-order valence-electron chi connectivity index (χ0n) is 15.6. The Morgan fingerprint density at radius 1 is 1.28 bits per heavy atom. The van der Waals surface area contributed by atoms with E-state index in [-0.39, 0.29) is 39.2 Å². The summed E-state index contributed by atoms with van der Waals surface area (Å²) >= 11 is 11.5. The predicted octanol–water partition coefficient (Wildman–Crippen LogP) is 3.03. The van der Waals surface area contributed by atoms with Crippen LogP contribution in [0.1, 0.15) is 35.9 Å². The number of H-pyrrole nitrogens is 1. The van der Waals surface area contributed by atoms with E-state index >= 15 is 0 Å². The number of unbranched alkanes of at least 4 members (excludes halogenated alkanes) is 1. The molecule has 0 unspecified atom stereocenters. The van der Waals surface area contributed by atoms with Crippen molar-refractivity contribution in [1.82, 2.24) is 19.1 Å². The van der Waals surface area contributed by atoms with Gasteiger partial charge >= 0.3 is 11.7 Å². The number of benzene rings is 1. The van der Waals surface area contributed by atoms with E-state index in [1.165, 1.54) is 9.13 Å². The van der Waals surface area contributed by atoms with Gasteiger partial charge in [0.2, 0.25) is 0 Å². The van der Waals surface area contributed by atoms with Gasteiger partial charge in [-0.2, -0.15) is 0 Å². The molecule has 0 aliphatic heterocycles. The number of aromatic amines is 1. The summed E-state index contributed by atoms with van der Waals surface area (Å²) in [5, 5.41) is -0.276. The number of ether oxygens (including phenoxy) is 1. The number of halogens is 3. The number of rotatable bonds is 6. The standard InChI is InChI=1S/C18H17Cl2FN4O4/c1-3-4-5-25-15-14(16(26)23-18(25)28)24(2)13(22-15)8-29-17(27)9-6-12(21)11(20)7-10(9)19/h6-7H,3-5,8H2,1-2H3,(H,23,26,28). The molecule has 0 radical (unpaired) electrons. The van der Waals surface area contributed by atoms with Crippen molar-refractivity contribution in [2.24, 2.45) is 7.05 Å². The molecule has 2 heterocycles. The lowest BCUT2D eigenvalue weighted by atomic mass is 10.2. The van der Waals surface area contributed by atoms with Gasteiger partial charge in [-0.15, -0.1) is 0 Å². The largest absolute Gasteiger partial charge is 0.454 e. The van der Waals surface area contributed by atoms with E-state index in [9.17, 15) is 18.8 Å². The van der Waals surface area contributed by atoms with Crippen molar-refractivity contribution in [3.63, 3.8) is 0 Å². The van der Waals surface area contributed by atoms with Gasteiger partial charge in [0.1, 0.15) is 18.2 Å². The third kappa shape index (κ3) is 4.06. The van der Waals surface area contributed by atoms with Crippen molar-refractivity contribution in [3.05, 3.63) is 60.2 Å². The summed E-state index contributed by atoms with van der Waals surface area (Å²) in [5.41, 5.74) is -0.946. The number of aryl methyl sites for hydroxylation is 2. The topological polar surface area (TPSA) is 99.0 Å². The van der Waals surface area contributed by atoms with Gasteiger partial charge < -0.3 is 9.30 Å². The number of nitrogens with zero attached hydrogens (tertiary/aromatic N) is 3. The first-order valence-corrected chi connectivity index (χ1v) is 9.50. The van der Waals surface area contributed by atoms with Crippen molar-refractivity contribution in [1.29, 1.82) is 0 Å². The van der Waals surface area contributed by atoms with Crippen LogP contribution in [0.5, 0.6) is 0 Å². The third-order valence-electron chi connectivity index (χ3n) is 4.40. The molecule has 11 heteroatoms. The number of carbonyl (C=O) groups is 1. The Balaban J connectivity index is 1.93. The van der Waals surface area contributed by atoms with Gasteiger partial charge in [-0.25, -0.2) is 19.0 Å². The van der Waals surface area contributed by atoms with E-state index in [0.717, 1.165) is 25.0 Å². The highest BCUT2D eigenvalue weighted by Crippen LogP contribution is 2.25. The molecule has 8 nitrogen and oxygen atoms in total. The number of aromatic nitrogens is 4. The van der Waals surface area contributed by atoms with Gasteiger partial charge in [0.05, 0.1) is 15.6 Å². The smallest absolute Gasteiger partial charge is 0.340 e. The average molecular weight is 443 g/mol. The van der Waals surface area contributed by atoms with E-state index in [1.54, 1.807) is 7.05 Å². The Labute approximate surface area is 173 Å². The lowest BCUT2D eigenvalue weighted by Crippen LogP contribution is -2.31. The summed E-state index contributed by atoms with van der Waals surface area (Å²) in [6.07, 6.45) is 1.57. The molecule has 0 aliphatic carbocycles. The molecule has 3 rings (SSSR count). The zero-order valence-corrected chi connectivity index (χ0v) is 17.1. The Kier molecular flexibility index (Phi) is 6.09. The minimum absolute atomic E-state index is 0.0590. The molecular formula is C18H17Cl2FN4O4. The lowest BCUT2D eigenvalue weighted by Gasteiger charge is -2.07. The van der Waals surface area contributed by atoms with E-state index < -0.39 is 23.0 Å². The molecule has 1 N–H and O–H groups in total. The van der Waals surface area contributed by atoms with Crippen LogP contribution in [0.25, 0.3) is 11.2 Å². The summed E-state index contributed by atoms with van der Waals surface area (Å²) in [6.45, 7) is 2.05. The fourth-order valence-electron chi connectivity index (χ4n) is 2.83. The molecule has 2 aromatic heterocycles. The molecular weight excluding hydrogens is 426 g/mol. The summed E-state index contributed by atoms with van der Waals surface area (Å²) in [5.74, 6) is -1.45. The number of hydrogen-bond acceptors (Lipinski definition) is 5. The van der Waals surface area contributed by atoms with Crippen LogP contribution in [0.2, 0.25) is 10.0 Å². The van der Waals surface area contributed by atoms with Crippen LogP contribution >= 0.6 is 23.2 Å². The number of carbonyl (C=O) groups excluding carboxylic acids is 1. The highest BCUT2D eigenvalue weighted by atomic mass is 35.5. The van der Waals surface area contributed by atoms with Crippen LogP contribution in [-0.4, -0.2) is 25.1 Å². The molecule has 1 aromatic carbocycles. The van der Waals surface area contributed by atoms with Crippen molar-refractivity contribution >= 4 is 40.3 Å². The van der Waals surface area contributed by atoms with Crippen molar-refractivity contribution in [3.8, 4) is 0 Å². The molecule has 0 bridgehead atoms. The maximum Gasteiger partial charge on any atom is 0.340 e. The minimum Gasteiger partial charge on any atom is -0.454 e. The predicted molar refractivity (Wildman–Crippen MR) is 106 cm³/mol. The van der Waals surface area contributed by atoms with Gasteiger partial charge in [-0.1, -0.05) is 36.5 Å². The van der Waals surface area contributed by atoms with Gasteiger partial charge in [0.25, 0.3) is 5.56 Å². The normalized spacial score (nSPS) is 11.2. The summed E-state index contributed by atoms with van der Waals surface area (Å²) < 4.78 is 21.6. The van der Waals surface area contributed by atoms with Gasteiger partial charge in [-0.05, 0) is 18.6 Å². The van der Waals surface area contributed by atoms with Gasteiger partial charge in [0, 0.05) is 13.6 Å². The molecule has 0 saturated heterocycles. The summed E-state index contributed by atoms with van der Waals surface area (Å²) in [4.78, 5) is 43.2. The van der Waals surface area contributed by atoms with Crippen molar-refractivity contribution in [2.75, 3.05) is 0 Å². The SMILES string of the molecule is CCCCn1c(=O)[nH]c(=O)c2c1nc(COC(=O)c1cc(F)c(Cl)cc1Cl)n2C. The molecule has 154 valence electrons. The first-order valence-electron chi connectivity index (χ1n) is 8.74. The Bertz CT molecular complexity index is 1220. The maximum absolute atomic E-state index is 13.6. The van der Waals surface area contributed by atoms with Crippen LogP contribution in [0, 0.1) is 5.82 Å². The molecule has 0 aliphatic rings. The van der Waals surface area contributed by atoms with Crippen LogP contribution in [0.4, 0.5) is 4.39 Å². The van der Waals surface area contributed by atoms with Crippen LogP contribution in [0.15, 0.2) is 21.7 Å². The van der Waals surface area contributed by atoms with E-state index in [4.69, 9.17) is 27.9 Å². The number of esters is 1. The second kappa shape index (κ2) is 8.38. The lowest BCUT2D eigenvalue weighted by molar-refractivity contribution is 0.0459. The van der Waals surface area contributed by atoms with E-state index in [1.807, 2.05) is 6.92 Å². The van der Waals surface area contributed by atoms with E-state index in [2.05, 4.69) is 9.97 Å². The summed E-state index contributed by atoms with van der Waals surface area (Å²) in [6, 6.07) is 1.99. The van der Waals surface area contributed by atoms with Crippen molar-refractivity contribution in [2.45, 2.75) is 32.9 Å². The highest BCUT2D eigenvalue weighted by molar-refractivity contribution is 6.36. The number of imidazole rings is 1. The Morgan fingerprint density at radius 2 is 2.00 bits per heavy atom. The average Bonchev–Trinajstić information content (AvgIpc) is 2.99. The molecule has 3 aromatic rings. The highest BCUT2D eigenvalue weighted by Gasteiger charge is 2.19. The monoisotopic (exact) mass is 442 g/mol. The van der Waals surface area contributed by atoms with E-state index in [0.29, 0.717) is 6.54 Å². The molecule has 0 saturated carbocycles. The zero-order chi connectivity index (χ0) is 21.3. The third-order valence-corrected chi connectivity index (χ3v) is 5.01. The summed E-state index contributed by atoms with van der Waals surface area (Å²) in [7, 11) is 1.57. The Hall–Kier alpha value is -2.65. The molecule has 29 heavy (non-hydrogen) atoms. The van der Waals surface area contributed by atoms with Crippen molar-refractivity contribution < 1.29 is 13.9 Å². The molecule has 0 amide bonds. The molecule has 0 atom stereocenters. The first-order chi connectivity index (χ1) is 13.7. The number of nitrogens with one attached hydrogen (secondary N) is 1. The second-order valence-corrected chi connectivity index (χ2v) is 7.16. The first kappa shape index (κ1) is 21.1. The van der Waals surface area contributed by atoms with Gasteiger partial charge in [-0.3, -0.25) is 14.3 Å². The quantitative estimate of drug-likeness (QED) is 0.467. The second-order valence-electron chi connectivity index (χ2n) is 6.35. The van der Waals surface area contributed by atoms with Crippen LogP contribution < -0.4 is 11.2 Å². The Morgan fingerprint density at radius 3 is 2.69 bits per heavy atom. The molecule has 0 fully saturated rings. The van der Waals surface area contributed by atoms with Crippen LogP contribution in [0.3, 0.4) is 0 Å². The number of fused-ring (bicyclic) bond motifs is 1. The number of hydrogen-bond donors (Lipinski definition) is 1. The van der Waals surface area contributed by atoms with Crippen LogP contribution in [-0.2, 0) is 24.9 Å². The van der Waals surface area contributed by atoms with Gasteiger partial charge in [0.15, 0.2) is 11.2 Å². The minimum atomic E-state index is -0.880. The molecule has 0 spiro atoms. The fraction of sp³-hybridized carbons (Fsp3) is 0.333.